The predicted molar refractivity (Wildman–Crippen MR) is 87.7 cm³/mol. The molecule has 0 unspecified atom stereocenters. The molecule has 2 aliphatic rings. The van der Waals surface area contributed by atoms with Gasteiger partial charge in [-0.2, -0.15) is 0 Å². The summed E-state index contributed by atoms with van der Waals surface area (Å²) in [4.78, 5) is 45.8. The molecule has 10 nitrogen and oxygen atoms in total. The second-order valence-corrected chi connectivity index (χ2v) is 5.84. The summed E-state index contributed by atoms with van der Waals surface area (Å²) in [6.45, 7) is 1.26. The Balaban J connectivity index is 1.72. The van der Waals surface area contributed by atoms with E-state index >= 15 is 0 Å². The summed E-state index contributed by atoms with van der Waals surface area (Å²) >= 11 is 0. The molecular weight excluding hydrogens is 328 g/mol. The standard InChI is InChI=1S/C15H18N6O4/c1-20-11(12(22)19-14(20)23)8-10-2-5-16-13(17-10)21-6-3-9(4-7-21)18-15(24)25/h2,5,8-9,18H,3-4,6-7H2,1H3,(H,24,25)(H,19,22,23). The zero-order chi connectivity index (χ0) is 18.0. The lowest BCUT2D eigenvalue weighted by Crippen LogP contribution is -2.44. The Morgan fingerprint density at radius 2 is 2.12 bits per heavy atom. The zero-order valence-corrected chi connectivity index (χ0v) is 13.6. The number of likely N-dealkylation sites (N-methyl/N-ethyl adjacent to an activating group) is 1. The largest absolute Gasteiger partial charge is 0.465 e. The van der Waals surface area contributed by atoms with Crippen LogP contribution in [0, 0.1) is 0 Å². The van der Waals surface area contributed by atoms with Crippen LogP contribution in [0.3, 0.4) is 0 Å². The summed E-state index contributed by atoms with van der Waals surface area (Å²) in [6, 6.07) is 1.11. The number of aromatic nitrogens is 2. The second kappa shape index (κ2) is 6.75. The Bertz CT molecular complexity index is 741. The number of nitrogens with one attached hydrogen (secondary N) is 2. The van der Waals surface area contributed by atoms with Crippen molar-refractivity contribution in [3.63, 3.8) is 0 Å². The number of rotatable bonds is 3. The second-order valence-electron chi connectivity index (χ2n) is 5.84. The van der Waals surface area contributed by atoms with Gasteiger partial charge < -0.3 is 15.3 Å². The average Bonchev–Trinajstić information content (AvgIpc) is 2.82. The van der Waals surface area contributed by atoms with Crippen LogP contribution in [0.2, 0.25) is 0 Å². The normalized spacial score (nSPS) is 20.1. The lowest BCUT2D eigenvalue weighted by molar-refractivity contribution is -0.115. The number of amides is 4. The summed E-state index contributed by atoms with van der Waals surface area (Å²) in [7, 11) is 1.51. The maximum Gasteiger partial charge on any atom is 0.404 e. The molecule has 3 heterocycles. The molecule has 0 bridgehead atoms. The van der Waals surface area contributed by atoms with Gasteiger partial charge in [0.05, 0.1) is 5.69 Å². The van der Waals surface area contributed by atoms with Crippen LogP contribution in [0.15, 0.2) is 18.0 Å². The molecule has 0 aromatic carbocycles. The third-order valence-corrected chi connectivity index (χ3v) is 4.17. The molecule has 2 aliphatic heterocycles. The van der Waals surface area contributed by atoms with Gasteiger partial charge in [0.15, 0.2) is 0 Å². The van der Waals surface area contributed by atoms with Gasteiger partial charge >= 0.3 is 12.1 Å². The number of urea groups is 1. The summed E-state index contributed by atoms with van der Waals surface area (Å²) in [6.07, 6.45) is 3.44. The molecular formula is C15H18N6O4. The molecule has 2 fully saturated rings. The molecule has 0 atom stereocenters. The van der Waals surface area contributed by atoms with E-state index in [4.69, 9.17) is 5.11 Å². The number of carbonyl (C=O) groups excluding carboxylic acids is 2. The van der Waals surface area contributed by atoms with Crippen molar-refractivity contribution < 1.29 is 19.5 Å². The highest BCUT2D eigenvalue weighted by Gasteiger charge is 2.30. The highest BCUT2D eigenvalue weighted by molar-refractivity contribution is 6.13. The highest BCUT2D eigenvalue weighted by Crippen LogP contribution is 2.18. The van der Waals surface area contributed by atoms with Gasteiger partial charge in [-0.15, -0.1) is 0 Å². The Labute approximate surface area is 143 Å². The van der Waals surface area contributed by atoms with Crippen LogP contribution >= 0.6 is 0 Å². The van der Waals surface area contributed by atoms with Crippen molar-refractivity contribution in [3.05, 3.63) is 23.7 Å². The Morgan fingerprint density at radius 3 is 2.72 bits per heavy atom. The maximum absolute atomic E-state index is 11.8. The lowest BCUT2D eigenvalue weighted by atomic mass is 10.1. The van der Waals surface area contributed by atoms with E-state index in [1.807, 2.05) is 4.90 Å². The van der Waals surface area contributed by atoms with Gasteiger partial charge in [0.1, 0.15) is 5.70 Å². The van der Waals surface area contributed by atoms with Crippen molar-refractivity contribution >= 4 is 30.1 Å². The Hall–Kier alpha value is -3.17. The molecule has 2 saturated heterocycles. The molecule has 4 amide bonds. The highest BCUT2D eigenvalue weighted by atomic mass is 16.4. The molecule has 3 rings (SSSR count). The quantitative estimate of drug-likeness (QED) is 0.528. The van der Waals surface area contributed by atoms with E-state index < -0.39 is 18.0 Å². The minimum Gasteiger partial charge on any atom is -0.465 e. The minimum atomic E-state index is -1.02. The van der Waals surface area contributed by atoms with Crippen LogP contribution in [0.4, 0.5) is 15.5 Å². The summed E-state index contributed by atoms with van der Waals surface area (Å²) in [5, 5.41) is 13.5. The molecule has 0 saturated carbocycles. The number of nitrogens with zero attached hydrogens (tertiary/aromatic N) is 4. The van der Waals surface area contributed by atoms with Crippen LogP contribution in [0.1, 0.15) is 18.5 Å². The molecule has 1 aromatic rings. The van der Waals surface area contributed by atoms with E-state index in [9.17, 15) is 14.4 Å². The topological polar surface area (TPSA) is 128 Å². The molecule has 0 radical (unpaired) electrons. The van der Waals surface area contributed by atoms with Crippen LogP contribution in [0.25, 0.3) is 6.08 Å². The van der Waals surface area contributed by atoms with Crippen molar-refractivity contribution in [1.29, 1.82) is 0 Å². The number of hydrogen-bond acceptors (Lipinski definition) is 6. The van der Waals surface area contributed by atoms with Gasteiger partial charge in [-0.25, -0.2) is 19.6 Å². The summed E-state index contributed by atoms with van der Waals surface area (Å²) in [5.74, 6) is 0.0451. The number of hydrogen-bond donors (Lipinski definition) is 3. The van der Waals surface area contributed by atoms with Gasteiger partial charge in [0.2, 0.25) is 5.95 Å². The number of anilines is 1. The predicted octanol–water partition coefficient (Wildman–Crippen LogP) is 0.235. The van der Waals surface area contributed by atoms with Crippen molar-refractivity contribution in [3.8, 4) is 0 Å². The van der Waals surface area contributed by atoms with Gasteiger partial charge in [0, 0.05) is 32.4 Å². The molecule has 10 heteroatoms. The fourth-order valence-electron chi connectivity index (χ4n) is 2.80. The van der Waals surface area contributed by atoms with E-state index in [1.54, 1.807) is 12.3 Å². The third kappa shape index (κ3) is 3.67. The minimum absolute atomic E-state index is 0.0686. The van der Waals surface area contributed by atoms with Crippen molar-refractivity contribution in [2.24, 2.45) is 0 Å². The Kier molecular flexibility index (Phi) is 4.50. The number of carbonyl (C=O) groups is 3. The molecule has 25 heavy (non-hydrogen) atoms. The van der Waals surface area contributed by atoms with E-state index in [2.05, 4.69) is 20.6 Å². The molecule has 1 aromatic heterocycles. The molecule has 3 N–H and O–H groups in total. The number of piperidine rings is 1. The number of imide groups is 1. The first-order valence-corrected chi connectivity index (χ1v) is 7.82. The smallest absolute Gasteiger partial charge is 0.404 e. The fourth-order valence-corrected chi connectivity index (χ4v) is 2.80. The van der Waals surface area contributed by atoms with Crippen LogP contribution < -0.4 is 15.5 Å². The van der Waals surface area contributed by atoms with Gasteiger partial charge in [-0.05, 0) is 25.0 Å². The zero-order valence-electron chi connectivity index (χ0n) is 13.6. The first kappa shape index (κ1) is 16.7. The van der Waals surface area contributed by atoms with Gasteiger partial charge in [-0.3, -0.25) is 15.0 Å². The number of carboxylic acid groups (broad SMARTS) is 1. The third-order valence-electron chi connectivity index (χ3n) is 4.17. The van der Waals surface area contributed by atoms with Crippen molar-refractivity contribution in [1.82, 2.24) is 25.5 Å². The summed E-state index contributed by atoms with van der Waals surface area (Å²) in [5.41, 5.74) is 0.738. The van der Waals surface area contributed by atoms with E-state index in [1.165, 1.54) is 18.0 Å². The van der Waals surface area contributed by atoms with Crippen LogP contribution in [-0.4, -0.2) is 64.2 Å². The van der Waals surface area contributed by atoms with Gasteiger partial charge in [-0.1, -0.05) is 0 Å². The van der Waals surface area contributed by atoms with Gasteiger partial charge in [0.25, 0.3) is 5.91 Å². The Morgan fingerprint density at radius 1 is 1.40 bits per heavy atom. The van der Waals surface area contributed by atoms with Crippen molar-refractivity contribution in [2.45, 2.75) is 18.9 Å². The van der Waals surface area contributed by atoms with Crippen LogP contribution in [0.5, 0.6) is 0 Å². The van der Waals surface area contributed by atoms with Crippen molar-refractivity contribution in [2.75, 3.05) is 25.0 Å². The average molecular weight is 346 g/mol. The maximum atomic E-state index is 11.8. The monoisotopic (exact) mass is 346 g/mol. The first-order valence-electron chi connectivity index (χ1n) is 7.82. The first-order chi connectivity index (χ1) is 11.9. The summed E-state index contributed by atoms with van der Waals surface area (Å²) < 4.78 is 0. The fraction of sp³-hybridized carbons (Fsp3) is 0.400. The van der Waals surface area contributed by atoms with Crippen LogP contribution in [-0.2, 0) is 4.79 Å². The van der Waals surface area contributed by atoms with E-state index in [-0.39, 0.29) is 11.7 Å². The van der Waals surface area contributed by atoms with E-state index in [0.717, 1.165) is 0 Å². The SMILES string of the molecule is CN1C(=O)NC(=O)C1=Cc1ccnc(N2CCC(NC(=O)O)CC2)n1. The molecule has 0 aliphatic carbocycles. The van der Waals surface area contributed by atoms with E-state index in [0.29, 0.717) is 37.6 Å². The lowest BCUT2D eigenvalue weighted by Gasteiger charge is -2.31. The molecule has 132 valence electrons. The molecule has 0 spiro atoms.